The number of rotatable bonds is 9. The Kier molecular flexibility index (Phi) is 9.67. The van der Waals surface area contributed by atoms with Crippen molar-refractivity contribution in [3.63, 3.8) is 0 Å². The van der Waals surface area contributed by atoms with Crippen LogP contribution in [0.15, 0.2) is 72.8 Å². The van der Waals surface area contributed by atoms with E-state index < -0.39 is 24.3 Å². The topological polar surface area (TPSA) is 157 Å². The van der Waals surface area contributed by atoms with Gasteiger partial charge in [0.25, 0.3) is 0 Å². The van der Waals surface area contributed by atoms with Gasteiger partial charge < -0.3 is 25.5 Å². The van der Waals surface area contributed by atoms with Crippen molar-refractivity contribution in [2.45, 2.75) is 19.0 Å². The largest absolute Gasteiger partial charge is 0.465 e. The number of ether oxygens (including phenoxy) is 1. The van der Waals surface area contributed by atoms with E-state index in [1.807, 2.05) is 30.3 Å². The minimum Gasteiger partial charge on any atom is -0.465 e. The van der Waals surface area contributed by atoms with Gasteiger partial charge in [-0.25, -0.2) is 19.4 Å². The summed E-state index contributed by atoms with van der Waals surface area (Å²) in [5, 5.41) is 20.3. The van der Waals surface area contributed by atoms with Crippen molar-refractivity contribution in [3.8, 4) is 11.3 Å². The van der Waals surface area contributed by atoms with Crippen LogP contribution in [0.1, 0.15) is 23.0 Å². The van der Waals surface area contributed by atoms with E-state index >= 15 is 0 Å². The standard InChI is InChI=1S/C28H26Cl2N6O5/c1-41-28(40)32-20-10-7-17(8-11-20)23-24(30)36-25(35-23)22(13-16-5-3-2-4-6-16)33-26(37)31-15-18-14-19(29)9-12-21(18)34-27(38)39/h2-12,14,22,34H,13,15H2,1H3,(H,32,40)(H,35,36)(H,38,39)(H2,31,33,37)/t22-/m0/s1. The Morgan fingerprint density at radius 3 is 2.41 bits per heavy atom. The van der Waals surface area contributed by atoms with E-state index in [2.05, 4.69) is 36.0 Å². The lowest BCUT2D eigenvalue weighted by Crippen LogP contribution is -2.39. The second-order valence-electron chi connectivity index (χ2n) is 8.78. The number of hydrogen-bond donors (Lipinski definition) is 6. The van der Waals surface area contributed by atoms with E-state index in [9.17, 15) is 14.4 Å². The number of anilines is 2. The van der Waals surface area contributed by atoms with Gasteiger partial charge in [-0.05, 0) is 47.9 Å². The number of amides is 4. The van der Waals surface area contributed by atoms with Gasteiger partial charge in [-0.15, -0.1) is 0 Å². The predicted octanol–water partition coefficient (Wildman–Crippen LogP) is 6.43. The Morgan fingerprint density at radius 1 is 1.00 bits per heavy atom. The van der Waals surface area contributed by atoms with Crippen LogP contribution < -0.4 is 21.3 Å². The maximum absolute atomic E-state index is 13.0. The van der Waals surface area contributed by atoms with Gasteiger partial charge in [0.1, 0.15) is 16.7 Å². The lowest BCUT2D eigenvalue weighted by atomic mass is 10.1. The zero-order valence-electron chi connectivity index (χ0n) is 21.7. The fourth-order valence-corrected chi connectivity index (χ4v) is 4.44. The van der Waals surface area contributed by atoms with Gasteiger partial charge in [0.15, 0.2) is 0 Å². The molecule has 1 aromatic heterocycles. The molecule has 0 saturated carbocycles. The monoisotopic (exact) mass is 596 g/mol. The number of urea groups is 1. The summed E-state index contributed by atoms with van der Waals surface area (Å²) in [5.41, 5.74) is 3.44. The molecular weight excluding hydrogens is 571 g/mol. The molecule has 0 fully saturated rings. The van der Waals surface area contributed by atoms with Gasteiger partial charge in [-0.1, -0.05) is 65.7 Å². The summed E-state index contributed by atoms with van der Waals surface area (Å²) in [7, 11) is 1.28. The number of carbonyl (C=O) groups is 3. The summed E-state index contributed by atoms with van der Waals surface area (Å²) < 4.78 is 4.61. The van der Waals surface area contributed by atoms with Gasteiger partial charge in [-0.3, -0.25) is 10.6 Å². The number of imidazole rings is 1. The highest BCUT2D eigenvalue weighted by molar-refractivity contribution is 6.32. The zero-order valence-corrected chi connectivity index (χ0v) is 23.2. The van der Waals surface area contributed by atoms with Crippen LogP contribution in [0.4, 0.5) is 25.8 Å². The van der Waals surface area contributed by atoms with E-state index in [4.69, 9.17) is 28.3 Å². The Morgan fingerprint density at radius 2 is 1.73 bits per heavy atom. The molecule has 0 aliphatic rings. The highest BCUT2D eigenvalue weighted by Gasteiger charge is 2.22. The first-order chi connectivity index (χ1) is 19.7. The lowest BCUT2D eigenvalue weighted by Gasteiger charge is -2.18. The number of carboxylic acid groups (broad SMARTS) is 1. The number of H-pyrrole nitrogens is 1. The third-order valence-corrected chi connectivity index (χ3v) is 6.44. The maximum Gasteiger partial charge on any atom is 0.411 e. The number of hydrogen-bond acceptors (Lipinski definition) is 5. The summed E-state index contributed by atoms with van der Waals surface area (Å²) >= 11 is 12.6. The van der Waals surface area contributed by atoms with Crippen LogP contribution in [0, 0.1) is 0 Å². The van der Waals surface area contributed by atoms with Crippen molar-refractivity contribution in [2.24, 2.45) is 0 Å². The van der Waals surface area contributed by atoms with E-state index in [0.29, 0.717) is 45.5 Å². The molecule has 0 radical (unpaired) electrons. The van der Waals surface area contributed by atoms with Crippen LogP contribution in [0.5, 0.6) is 0 Å². The predicted molar refractivity (Wildman–Crippen MR) is 156 cm³/mol. The molecule has 41 heavy (non-hydrogen) atoms. The first kappa shape index (κ1) is 29.2. The third-order valence-electron chi connectivity index (χ3n) is 5.93. The van der Waals surface area contributed by atoms with Crippen LogP contribution in [-0.4, -0.2) is 40.4 Å². The summed E-state index contributed by atoms with van der Waals surface area (Å²) in [6.07, 6.45) is -1.42. The van der Waals surface area contributed by atoms with Crippen molar-refractivity contribution < 1.29 is 24.2 Å². The van der Waals surface area contributed by atoms with Crippen LogP contribution in [-0.2, 0) is 17.7 Å². The second kappa shape index (κ2) is 13.6. The molecule has 0 spiro atoms. The van der Waals surface area contributed by atoms with Crippen molar-refractivity contribution in [1.29, 1.82) is 0 Å². The zero-order chi connectivity index (χ0) is 29.4. The normalized spacial score (nSPS) is 11.3. The summed E-state index contributed by atoms with van der Waals surface area (Å²) in [5.74, 6) is 0.428. The fraction of sp³-hybridized carbons (Fsp3) is 0.143. The van der Waals surface area contributed by atoms with Crippen molar-refractivity contribution in [3.05, 3.63) is 99.9 Å². The number of aromatic amines is 1. The number of halogens is 2. The van der Waals surface area contributed by atoms with E-state index in [0.717, 1.165) is 5.56 Å². The molecule has 4 rings (SSSR count). The van der Waals surface area contributed by atoms with Crippen LogP contribution in [0.25, 0.3) is 11.3 Å². The number of carbonyl (C=O) groups excluding carboxylic acids is 2. The second-order valence-corrected chi connectivity index (χ2v) is 9.59. The maximum atomic E-state index is 13.0. The number of benzene rings is 3. The van der Waals surface area contributed by atoms with Crippen LogP contribution in [0.3, 0.4) is 0 Å². The van der Waals surface area contributed by atoms with Gasteiger partial charge >= 0.3 is 18.2 Å². The third kappa shape index (κ3) is 8.13. The average molecular weight is 597 g/mol. The lowest BCUT2D eigenvalue weighted by molar-refractivity contribution is 0.187. The Labute approximate surface area is 245 Å². The molecule has 4 aromatic rings. The minimum absolute atomic E-state index is 0.0101. The van der Waals surface area contributed by atoms with Gasteiger partial charge in [0.2, 0.25) is 0 Å². The highest BCUT2D eigenvalue weighted by Crippen LogP contribution is 2.29. The minimum atomic E-state index is -1.24. The first-order valence-electron chi connectivity index (χ1n) is 12.3. The molecule has 4 amide bonds. The van der Waals surface area contributed by atoms with Crippen molar-refractivity contribution in [1.82, 2.24) is 20.6 Å². The molecule has 0 aliphatic heterocycles. The van der Waals surface area contributed by atoms with Crippen LogP contribution >= 0.6 is 23.2 Å². The molecule has 11 nitrogen and oxygen atoms in total. The molecular formula is C28H26Cl2N6O5. The van der Waals surface area contributed by atoms with E-state index in [-0.39, 0.29) is 11.7 Å². The average Bonchev–Trinajstić information content (AvgIpc) is 3.35. The fourth-order valence-electron chi connectivity index (χ4n) is 4.00. The summed E-state index contributed by atoms with van der Waals surface area (Å²) in [6, 6.07) is 19.9. The van der Waals surface area contributed by atoms with Gasteiger partial charge in [0.05, 0.1) is 13.2 Å². The molecule has 6 N–H and O–H groups in total. The summed E-state index contributed by atoms with van der Waals surface area (Å²) in [6.45, 7) is 0.0101. The van der Waals surface area contributed by atoms with E-state index in [1.54, 1.807) is 36.4 Å². The molecule has 13 heteroatoms. The Bertz CT molecular complexity index is 1530. The molecule has 0 aliphatic carbocycles. The number of aromatic nitrogens is 2. The number of methoxy groups -OCH3 is 1. The molecule has 0 bridgehead atoms. The molecule has 0 saturated heterocycles. The smallest absolute Gasteiger partial charge is 0.411 e. The van der Waals surface area contributed by atoms with Crippen LogP contribution in [0.2, 0.25) is 10.2 Å². The molecule has 1 atom stereocenters. The SMILES string of the molecule is COC(=O)Nc1ccc(-c2nc([C@H](Cc3ccccc3)NC(=O)NCc3cc(Cl)ccc3NC(=O)O)[nH]c2Cl)cc1. The summed E-state index contributed by atoms with van der Waals surface area (Å²) in [4.78, 5) is 43.4. The van der Waals surface area contributed by atoms with Gasteiger partial charge in [-0.2, -0.15) is 0 Å². The van der Waals surface area contributed by atoms with E-state index in [1.165, 1.54) is 13.2 Å². The number of nitrogens with zero attached hydrogens (tertiary/aromatic N) is 1. The van der Waals surface area contributed by atoms with Crippen molar-refractivity contribution in [2.75, 3.05) is 17.7 Å². The molecule has 1 heterocycles. The number of nitrogens with one attached hydrogen (secondary N) is 5. The Balaban J connectivity index is 1.53. The quantitative estimate of drug-likeness (QED) is 0.130. The Hall–Kier alpha value is -4.74. The molecule has 3 aromatic carbocycles. The molecule has 212 valence electrons. The molecule has 0 unspecified atom stereocenters. The van der Waals surface area contributed by atoms with Gasteiger partial charge in [0, 0.05) is 28.5 Å². The first-order valence-corrected chi connectivity index (χ1v) is 13.0. The van der Waals surface area contributed by atoms with Crippen molar-refractivity contribution >= 4 is 52.8 Å². The highest BCUT2D eigenvalue weighted by atomic mass is 35.5.